The second kappa shape index (κ2) is 7.54. The molecule has 0 aromatic heterocycles. The van der Waals surface area contributed by atoms with Gasteiger partial charge >= 0.3 is 0 Å². The molecule has 0 saturated carbocycles. The maximum absolute atomic E-state index is 12.6. The van der Waals surface area contributed by atoms with E-state index >= 15 is 0 Å². The number of likely N-dealkylation sites (tertiary alicyclic amines) is 1. The average Bonchev–Trinajstić information content (AvgIpc) is 2.54. The van der Waals surface area contributed by atoms with Crippen molar-refractivity contribution in [3.05, 3.63) is 35.4 Å². The normalized spacial score (nSPS) is 16.1. The zero-order valence-corrected chi connectivity index (χ0v) is 13.5. The van der Waals surface area contributed by atoms with Crippen molar-refractivity contribution in [2.75, 3.05) is 19.6 Å². The molecule has 1 heterocycles. The van der Waals surface area contributed by atoms with E-state index in [-0.39, 0.29) is 24.2 Å². The smallest absolute Gasteiger partial charge is 0.236 e. The molecule has 2 N–H and O–H groups in total. The Morgan fingerprint density at radius 3 is 2.27 bits per heavy atom. The summed E-state index contributed by atoms with van der Waals surface area (Å²) in [6.07, 6.45) is 2.50. The molecule has 1 saturated heterocycles. The van der Waals surface area contributed by atoms with Gasteiger partial charge in [-0.05, 0) is 30.7 Å². The van der Waals surface area contributed by atoms with E-state index in [0.29, 0.717) is 19.0 Å². The number of amides is 1. The summed E-state index contributed by atoms with van der Waals surface area (Å²) in [6, 6.07) is 8.00. The van der Waals surface area contributed by atoms with Crippen LogP contribution in [-0.2, 0) is 11.2 Å². The van der Waals surface area contributed by atoms with Crippen LogP contribution in [0.5, 0.6) is 0 Å². The maximum Gasteiger partial charge on any atom is 0.236 e. The number of hydrogen-bond acceptors (Lipinski definition) is 3. The first-order chi connectivity index (χ1) is 10.5. The Hall–Kier alpha value is -1.68. The molecule has 1 aliphatic rings. The molecule has 120 valence electrons. The van der Waals surface area contributed by atoms with Gasteiger partial charge < -0.3 is 10.6 Å². The molecule has 0 radical (unpaired) electrons. The van der Waals surface area contributed by atoms with E-state index in [1.807, 2.05) is 12.1 Å². The fraction of sp³-hybridized carbons (Fsp3) is 0.556. The van der Waals surface area contributed by atoms with Gasteiger partial charge in [0.2, 0.25) is 5.91 Å². The number of nitrogens with two attached hydrogens (primary N) is 1. The van der Waals surface area contributed by atoms with Crippen LogP contribution in [-0.4, -0.2) is 36.2 Å². The lowest BCUT2D eigenvalue weighted by Crippen LogP contribution is -2.43. The summed E-state index contributed by atoms with van der Waals surface area (Å²) in [4.78, 5) is 25.9. The quantitative estimate of drug-likeness (QED) is 0.849. The minimum atomic E-state index is -0.0241. The number of piperidine rings is 1. The number of hydrogen-bond donors (Lipinski definition) is 1. The Bertz CT molecular complexity index is 514. The number of rotatable bonds is 5. The van der Waals surface area contributed by atoms with Crippen molar-refractivity contribution in [2.24, 2.45) is 17.6 Å². The summed E-state index contributed by atoms with van der Waals surface area (Å²) in [6.45, 7) is 5.70. The SMILES string of the molecule is CC(C)Cc1ccc(C(=O)C2CCN(C(=O)CN)CC2)cc1. The molecule has 0 unspecified atom stereocenters. The highest BCUT2D eigenvalue weighted by Gasteiger charge is 2.27. The third-order valence-corrected chi connectivity index (χ3v) is 4.28. The lowest BCUT2D eigenvalue weighted by Gasteiger charge is -2.31. The minimum absolute atomic E-state index is 0.0241. The van der Waals surface area contributed by atoms with Crippen molar-refractivity contribution < 1.29 is 9.59 Å². The van der Waals surface area contributed by atoms with Crippen LogP contribution in [0.3, 0.4) is 0 Å². The van der Waals surface area contributed by atoms with Gasteiger partial charge in [-0.25, -0.2) is 0 Å². The summed E-state index contributed by atoms with van der Waals surface area (Å²) in [5.41, 5.74) is 7.44. The van der Waals surface area contributed by atoms with Crippen molar-refractivity contribution in [1.82, 2.24) is 4.90 Å². The van der Waals surface area contributed by atoms with Crippen molar-refractivity contribution in [1.29, 1.82) is 0 Å². The molecule has 0 atom stereocenters. The molecule has 0 spiro atoms. The fourth-order valence-electron chi connectivity index (χ4n) is 3.03. The lowest BCUT2D eigenvalue weighted by atomic mass is 9.88. The first kappa shape index (κ1) is 16.7. The first-order valence-electron chi connectivity index (χ1n) is 8.12. The van der Waals surface area contributed by atoms with E-state index in [9.17, 15) is 9.59 Å². The molecule has 1 fully saturated rings. The molecule has 4 heteroatoms. The van der Waals surface area contributed by atoms with Crippen LogP contribution < -0.4 is 5.73 Å². The second-order valence-electron chi connectivity index (χ2n) is 6.52. The molecule has 4 nitrogen and oxygen atoms in total. The van der Waals surface area contributed by atoms with E-state index < -0.39 is 0 Å². The number of carbonyl (C=O) groups is 2. The van der Waals surface area contributed by atoms with Gasteiger partial charge in [0, 0.05) is 24.6 Å². The van der Waals surface area contributed by atoms with Crippen LogP contribution in [0, 0.1) is 11.8 Å². The van der Waals surface area contributed by atoms with E-state index in [2.05, 4.69) is 26.0 Å². The number of Topliss-reactive ketones (excluding diaryl/α,β-unsaturated/α-hetero) is 1. The van der Waals surface area contributed by atoms with Gasteiger partial charge in [-0.15, -0.1) is 0 Å². The molecule has 2 rings (SSSR count). The molecular formula is C18H26N2O2. The minimum Gasteiger partial charge on any atom is -0.342 e. The molecule has 1 amide bonds. The predicted molar refractivity (Wildman–Crippen MR) is 87.7 cm³/mol. The Labute approximate surface area is 132 Å². The summed E-state index contributed by atoms with van der Waals surface area (Å²) in [5, 5.41) is 0. The largest absolute Gasteiger partial charge is 0.342 e. The van der Waals surface area contributed by atoms with Crippen LogP contribution >= 0.6 is 0 Å². The first-order valence-corrected chi connectivity index (χ1v) is 8.12. The van der Waals surface area contributed by atoms with Gasteiger partial charge in [0.1, 0.15) is 0 Å². The second-order valence-corrected chi connectivity index (χ2v) is 6.52. The Balaban J connectivity index is 1.93. The third kappa shape index (κ3) is 4.17. The number of nitrogens with zero attached hydrogens (tertiary/aromatic N) is 1. The third-order valence-electron chi connectivity index (χ3n) is 4.28. The maximum atomic E-state index is 12.6. The molecule has 0 bridgehead atoms. The number of carbonyl (C=O) groups excluding carboxylic acids is 2. The highest BCUT2D eigenvalue weighted by molar-refractivity contribution is 5.98. The van der Waals surface area contributed by atoms with Crippen molar-refractivity contribution in [2.45, 2.75) is 33.1 Å². The van der Waals surface area contributed by atoms with E-state index in [1.165, 1.54) is 5.56 Å². The van der Waals surface area contributed by atoms with Crippen molar-refractivity contribution >= 4 is 11.7 Å². The summed E-state index contributed by atoms with van der Waals surface area (Å²) < 4.78 is 0. The zero-order valence-electron chi connectivity index (χ0n) is 13.5. The number of ketones is 1. The van der Waals surface area contributed by atoms with Crippen LogP contribution in [0.25, 0.3) is 0 Å². The van der Waals surface area contributed by atoms with Crippen molar-refractivity contribution in [3.63, 3.8) is 0 Å². The van der Waals surface area contributed by atoms with Crippen LogP contribution in [0.1, 0.15) is 42.6 Å². The summed E-state index contributed by atoms with van der Waals surface area (Å²) >= 11 is 0. The molecule has 0 aliphatic carbocycles. The Morgan fingerprint density at radius 2 is 1.77 bits per heavy atom. The van der Waals surface area contributed by atoms with Crippen molar-refractivity contribution in [3.8, 4) is 0 Å². The highest BCUT2D eigenvalue weighted by Crippen LogP contribution is 2.22. The Morgan fingerprint density at radius 1 is 1.18 bits per heavy atom. The monoisotopic (exact) mass is 302 g/mol. The van der Waals surface area contributed by atoms with E-state index in [4.69, 9.17) is 5.73 Å². The van der Waals surface area contributed by atoms with Gasteiger partial charge in [0.25, 0.3) is 0 Å². The predicted octanol–water partition coefficient (Wildman–Crippen LogP) is 2.27. The summed E-state index contributed by atoms with van der Waals surface area (Å²) in [5.74, 6) is 0.823. The average molecular weight is 302 g/mol. The van der Waals surface area contributed by atoms with Crippen LogP contribution in [0.2, 0.25) is 0 Å². The lowest BCUT2D eigenvalue weighted by molar-refractivity contribution is -0.130. The molecule has 1 aromatic rings. The molecule has 1 aliphatic heterocycles. The molecule has 1 aromatic carbocycles. The fourth-order valence-corrected chi connectivity index (χ4v) is 3.03. The van der Waals surface area contributed by atoms with Gasteiger partial charge in [-0.3, -0.25) is 9.59 Å². The van der Waals surface area contributed by atoms with Gasteiger partial charge in [0.05, 0.1) is 6.54 Å². The van der Waals surface area contributed by atoms with Gasteiger partial charge in [0.15, 0.2) is 5.78 Å². The zero-order chi connectivity index (χ0) is 16.1. The summed E-state index contributed by atoms with van der Waals surface area (Å²) in [7, 11) is 0. The standard InChI is InChI=1S/C18H26N2O2/c1-13(2)11-14-3-5-15(6-4-14)18(22)16-7-9-20(10-8-16)17(21)12-19/h3-6,13,16H,7-12,19H2,1-2H3. The highest BCUT2D eigenvalue weighted by atomic mass is 16.2. The van der Waals surface area contributed by atoms with Crippen LogP contribution in [0.4, 0.5) is 0 Å². The topological polar surface area (TPSA) is 63.4 Å². The molecular weight excluding hydrogens is 276 g/mol. The Kier molecular flexibility index (Phi) is 5.72. The molecule has 22 heavy (non-hydrogen) atoms. The van der Waals surface area contributed by atoms with E-state index in [0.717, 1.165) is 24.8 Å². The van der Waals surface area contributed by atoms with Gasteiger partial charge in [-0.2, -0.15) is 0 Å². The van der Waals surface area contributed by atoms with E-state index in [1.54, 1.807) is 4.90 Å². The van der Waals surface area contributed by atoms with Gasteiger partial charge in [-0.1, -0.05) is 38.1 Å². The number of benzene rings is 1. The van der Waals surface area contributed by atoms with Crippen LogP contribution in [0.15, 0.2) is 24.3 Å².